The Morgan fingerprint density at radius 1 is 0.128 bits per heavy atom. The average molecular weight is 1920 g/mol. The van der Waals surface area contributed by atoms with Gasteiger partial charge < -0.3 is 13.7 Å². The van der Waals surface area contributed by atoms with Crippen LogP contribution in [0.15, 0.2) is 0 Å². The summed E-state index contributed by atoms with van der Waals surface area (Å²) in [7, 11) is -13.2. The normalized spacial score (nSPS) is 55.1. The molecule has 51 unspecified atom stereocenters. The quantitative estimate of drug-likeness (QED) is 0.143. The second-order valence-electron chi connectivity index (χ2n) is 48.6. The van der Waals surface area contributed by atoms with Crippen molar-refractivity contribution in [2.24, 2.45) is 142 Å². The van der Waals surface area contributed by atoms with Crippen LogP contribution in [0, 0.1) is 142 Å². The fourth-order valence-electron chi connectivity index (χ4n) is 37.0. The van der Waals surface area contributed by atoms with Crippen LogP contribution in [-0.4, -0.2) is 220 Å². The van der Waals surface area contributed by atoms with Gasteiger partial charge in [-0.25, -0.2) is 25.3 Å². The molecule has 12 aliphatic carbocycles. The average Bonchev–Trinajstić information content (AvgIpc) is 1.60. The van der Waals surface area contributed by atoms with Crippen LogP contribution in [0.25, 0.3) is 0 Å². The molecule has 27 aliphatic rings. The van der Waals surface area contributed by atoms with Crippen LogP contribution in [-0.2, 0) is 30.4 Å². The van der Waals surface area contributed by atoms with E-state index >= 15 is 0 Å². The Bertz CT molecular complexity index is 3960. The Balaban J connectivity index is 0.000000109. The Kier molecular flexibility index (Phi) is 27.7. The van der Waals surface area contributed by atoms with E-state index in [0.29, 0.717) is 144 Å². The second-order valence-corrected chi connectivity index (χ2v) is 53.4. The fraction of sp³-hybridized carbons (Fsp3) is 1.00. The van der Waals surface area contributed by atoms with Crippen molar-refractivity contribution in [1.82, 2.24) is 128 Å². The zero-order valence-corrected chi connectivity index (χ0v) is 82.3. The van der Waals surface area contributed by atoms with E-state index in [2.05, 4.69) is 128 Å². The van der Waals surface area contributed by atoms with Crippen LogP contribution < -0.4 is 128 Å². The van der Waals surface area contributed by atoms with Crippen molar-refractivity contribution < 1.29 is 38.9 Å². The topological polar surface area (TPSA) is 460 Å². The zero-order valence-electron chi connectivity index (χ0n) is 78.7. The van der Waals surface area contributed by atoms with Gasteiger partial charge in [0.25, 0.3) is 0 Å². The van der Waals surface area contributed by atoms with Gasteiger partial charge in [-0.15, -0.1) is 0 Å². The van der Waals surface area contributed by atoms with E-state index in [4.69, 9.17) is 0 Å². The molecule has 15 saturated heterocycles. The fourth-order valence-corrected chi connectivity index (χ4v) is 40.6. The molecule has 0 aromatic rings. The van der Waals surface area contributed by atoms with Crippen molar-refractivity contribution in [2.75, 3.05) is 0 Å². The number of fused-ring (bicyclic) bond motifs is 60. The Morgan fingerprint density at radius 3 is 0.323 bits per heavy atom. The number of rotatable bonds is 3. The van der Waals surface area contributed by atoms with E-state index in [1.807, 2.05) is 0 Å². The van der Waals surface area contributed by atoms with Gasteiger partial charge in [0.15, 0.2) is 0 Å². The summed E-state index contributed by atoms with van der Waals surface area (Å²) in [6.07, 6.45) is 55.5. The van der Waals surface area contributed by atoms with E-state index in [0.717, 1.165) is 38.5 Å². The van der Waals surface area contributed by atoms with E-state index in [-0.39, 0.29) is 182 Å². The molecule has 24 N–H and O–H groups in total. The molecule has 0 aromatic heterocycles. The summed E-state index contributed by atoms with van der Waals surface area (Å²) in [6, 6.07) is 0. The van der Waals surface area contributed by atoms with E-state index in [9.17, 15) is 38.9 Å². The molecule has 0 spiro atoms. The van der Waals surface area contributed by atoms with Gasteiger partial charge in [0.05, 0.1) is 194 Å². The maximum absolute atomic E-state index is 12.7. The van der Waals surface area contributed by atoms with E-state index in [1.54, 1.807) is 0 Å². The van der Waals surface area contributed by atoms with Crippen molar-refractivity contribution in [3.8, 4) is 0 Å². The van der Waals surface area contributed by atoms with Gasteiger partial charge in [0, 0.05) is 17.8 Å². The summed E-state index contributed by atoms with van der Waals surface area (Å²) in [5.41, 5.74) is 0. The molecular formula is C96H165AlN24O9S3. The smallest absolute Gasteiger partial charge is 0.748 e. The third kappa shape index (κ3) is 17.9. The van der Waals surface area contributed by atoms with Crippen LogP contribution >= 0.6 is 0 Å². The first kappa shape index (κ1) is 94.6. The first-order valence-corrected chi connectivity index (χ1v) is 59.8. The molecule has 12 saturated carbocycles. The molecule has 15 heterocycles. The molecule has 744 valence electrons. The molecule has 0 radical (unpaired) electrons. The van der Waals surface area contributed by atoms with Crippen molar-refractivity contribution >= 4 is 47.7 Å². The minimum absolute atomic E-state index is 0. The van der Waals surface area contributed by atoms with Crippen molar-refractivity contribution in [3.05, 3.63) is 0 Å². The standard InChI is InChI=1S/3C32H56N8O3S.Al/c3*41-44(42,43)23-15-7-14-22-24(23)32-39-30-21-13-6-5-12-20(21)28(37-30)35-26-17-9-2-1-8-16(17)25(33-26)34-27-18-10-3-4-11-19(18)29(36-27)38-31(22)40-32;/h3*16-40H,1-15H2,(H,41,42,43);/q;;;+3/p-3. The number of hydrogen-bond acceptors (Lipinski definition) is 33. The maximum atomic E-state index is 12.7. The predicted octanol–water partition coefficient (Wildman–Crippen LogP) is 3.01. The van der Waals surface area contributed by atoms with Gasteiger partial charge in [-0.2, -0.15) is 0 Å². The Morgan fingerprint density at radius 2 is 0.218 bits per heavy atom. The van der Waals surface area contributed by atoms with Crippen LogP contribution in [0.4, 0.5) is 0 Å². The van der Waals surface area contributed by atoms with Gasteiger partial charge in [-0.1, -0.05) is 135 Å². The molecular weight excluding hydrogens is 1760 g/mol. The number of nitrogens with one attached hydrogen (secondary N) is 24. The van der Waals surface area contributed by atoms with Crippen molar-refractivity contribution in [2.45, 2.75) is 453 Å². The third-order valence-corrected chi connectivity index (χ3v) is 46.5. The molecule has 0 aromatic carbocycles. The summed E-state index contributed by atoms with van der Waals surface area (Å²) >= 11 is 0. The van der Waals surface area contributed by atoms with Crippen molar-refractivity contribution in [1.29, 1.82) is 0 Å². The molecule has 51 atom stereocenters. The summed E-state index contributed by atoms with van der Waals surface area (Å²) in [5.74, 6) is 10.0. The van der Waals surface area contributed by atoms with Crippen LogP contribution in [0.2, 0.25) is 0 Å². The van der Waals surface area contributed by atoms with Gasteiger partial charge in [0.2, 0.25) is 0 Å². The van der Waals surface area contributed by atoms with Crippen LogP contribution in [0.1, 0.15) is 289 Å². The first-order valence-electron chi connectivity index (χ1n) is 55.4. The predicted molar refractivity (Wildman–Crippen MR) is 504 cm³/mol. The first-order chi connectivity index (χ1) is 64.3. The molecule has 33 nitrogen and oxygen atoms in total. The molecule has 24 bridgehead atoms. The SMILES string of the molecule is O=S(=O)([O-])C1CCCC2C3NC4NC(NC5NC(NC6NC(NC(N3)C21)C1CCCCC61)C1CCCCC51)C1CCCCC41.O=S(=O)([O-])C1CCCC2C3NC4NC(NC5NC(NC6NC(NC(N3)C21)C1CCCCC61)C1CCCCC51)C1CCCCC41.O=S(=O)([O-])C1CCCC2C3NC4NC(NC5NC(NC6NC(NC(N3)C21)C1CCCCC61)C1CCCCC51)C1CCCCC41.[Al+3]. The van der Waals surface area contributed by atoms with Gasteiger partial charge in [0.1, 0.15) is 0 Å². The van der Waals surface area contributed by atoms with Gasteiger partial charge in [-0.05, 0) is 278 Å². The minimum atomic E-state index is -4.41. The maximum Gasteiger partial charge on any atom is 3.00 e. The summed E-state index contributed by atoms with van der Waals surface area (Å²) < 4.78 is 114. The molecule has 15 aliphatic heterocycles. The molecule has 133 heavy (non-hydrogen) atoms. The van der Waals surface area contributed by atoms with Crippen LogP contribution in [0.5, 0.6) is 0 Å². The summed E-state index contributed by atoms with van der Waals surface area (Å²) in [5, 5.41) is 94.6. The Labute approximate surface area is 803 Å². The molecule has 37 heteroatoms. The van der Waals surface area contributed by atoms with E-state index in [1.165, 1.54) is 231 Å². The Hall–Kier alpha value is -0.698. The largest absolute Gasteiger partial charge is 3.00 e. The number of hydrogen-bond donors (Lipinski definition) is 24. The summed E-state index contributed by atoms with van der Waals surface area (Å²) in [6.45, 7) is 0. The van der Waals surface area contributed by atoms with Crippen LogP contribution in [0.3, 0.4) is 0 Å². The molecule has 27 fully saturated rings. The zero-order chi connectivity index (χ0) is 88.7. The third-order valence-electron chi connectivity index (χ3n) is 42.6. The van der Waals surface area contributed by atoms with Crippen molar-refractivity contribution in [3.63, 3.8) is 0 Å². The van der Waals surface area contributed by atoms with E-state index < -0.39 is 46.1 Å². The summed E-state index contributed by atoms with van der Waals surface area (Å²) in [4.78, 5) is 0. The molecule has 0 amide bonds. The van der Waals surface area contributed by atoms with Gasteiger partial charge >= 0.3 is 17.4 Å². The molecule has 27 rings (SSSR count). The monoisotopic (exact) mass is 1920 g/mol. The van der Waals surface area contributed by atoms with Gasteiger partial charge in [-0.3, -0.25) is 128 Å². The second kappa shape index (κ2) is 38.9. The minimum Gasteiger partial charge on any atom is -0.748 e.